The molecule has 3 aromatic rings. The van der Waals surface area contributed by atoms with Crippen LogP contribution in [0, 0.1) is 0 Å². The first kappa shape index (κ1) is 15.7. The van der Waals surface area contributed by atoms with Crippen LogP contribution < -0.4 is 4.90 Å². The van der Waals surface area contributed by atoms with Crippen molar-refractivity contribution in [1.82, 2.24) is 0 Å². The molecule has 0 radical (unpaired) electrons. The Balaban J connectivity index is 1.90. The van der Waals surface area contributed by atoms with Crippen molar-refractivity contribution in [3.8, 4) is 11.5 Å². The molecule has 0 bridgehead atoms. The molecule has 1 aliphatic carbocycles. The van der Waals surface area contributed by atoms with Gasteiger partial charge in [-0.3, -0.25) is 4.79 Å². The van der Waals surface area contributed by atoms with Crippen molar-refractivity contribution >= 4 is 17.2 Å². The Morgan fingerprint density at radius 1 is 0.815 bits per heavy atom. The number of hydrogen-bond acceptors (Lipinski definition) is 3. The number of hydrogen-bond donors (Lipinski definition) is 2. The number of amides is 1. The van der Waals surface area contributed by atoms with E-state index in [4.69, 9.17) is 0 Å². The van der Waals surface area contributed by atoms with Crippen molar-refractivity contribution in [2.75, 3.05) is 11.9 Å². The number of carbonyl (C=O) groups is 1. The minimum Gasteiger partial charge on any atom is -0.507 e. The second-order valence-corrected chi connectivity index (χ2v) is 6.96. The van der Waals surface area contributed by atoms with Crippen LogP contribution in [-0.4, -0.2) is 23.2 Å². The van der Waals surface area contributed by atoms with Crippen LogP contribution in [0.4, 0.5) is 5.69 Å². The first-order valence-corrected chi connectivity index (χ1v) is 8.77. The lowest BCUT2D eigenvalue weighted by atomic mass is 9.77. The molecule has 1 spiro atoms. The highest BCUT2D eigenvalue weighted by molar-refractivity contribution is 6.16. The second-order valence-electron chi connectivity index (χ2n) is 6.96. The molecule has 2 N–H and O–H groups in total. The van der Waals surface area contributed by atoms with Crippen LogP contribution in [0.5, 0.6) is 11.5 Å². The second kappa shape index (κ2) is 5.24. The average molecular weight is 355 g/mol. The van der Waals surface area contributed by atoms with Gasteiger partial charge in [-0.15, -0.1) is 0 Å². The number of nitrogens with zero attached hydrogens (tertiary/aromatic N) is 1. The van der Waals surface area contributed by atoms with E-state index in [0.29, 0.717) is 16.7 Å². The number of aromatic hydroxyl groups is 2. The molecule has 4 nitrogen and oxygen atoms in total. The van der Waals surface area contributed by atoms with Crippen molar-refractivity contribution in [3.05, 3.63) is 95.1 Å². The summed E-state index contributed by atoms with van der Waals surface area (Å²) in [5.74, 6) is 0.141. The number of benzene rings is 3. The summed E-state index contributed by atoms with van der Waals surface area (Å²) in [5.41, 5.74) is 3.33. The summed E-state index contributed by atoms with van der Waals surface area (Å²) < 4.78 is 0. The number of carbonyl (C=O) groups excluding carboxylic acids is 1. The largest absolute Gasteiger partial charge is 0.507 e. The highest BCUT2D eigenvalue weighted by Crippen LogP contribution is 2.56. The third-order valence-electron chi connectivity index (χ3n) is 5.62. The third kappa shape index (κ3) is 1.84. The first-order chi connectivity index (χ1) is 13.1. The molecular formula is C23H17NO3. The quantitative estimate of drug-likeness (QED) is 0.698. The topological polar surface area (TPSA) is 60.8 Å². The lowest BCUT2D eigenvalue weighted by Crippen LogP contribution is -2.37. The van der Waals surface area contributed by atoms with Crippen LogP contribution in [0.2, 0.25) is 0 Å². The standard InChI is InChI=1S/C23H17NO3/c1-24-18-10-4-3-8-16(18)23(22(24)27)13-15(14-7-2-5-11-19(14)25)21-17(23)9-6-12-20(21)26/h2-13,25-26H,1H3. The summed E-state index contributed by atoms with van der Waals surface area (Å²) in [6.45, 7) is 0. The molecule has 4 heteroatoms. The fourth-order valence-corrected chi connectivity index (χ4v) is 4.42. The molecule has 1 amide bonds. The highest BCUT2D eigenvalue weighted by Gasteiger charge is 2.54. The Morgan fingerprint density at radius 2 is 1.48 bits per heavy atom. The minimum atomic E-state index is -1.00. The lowest BCUT2D eigenvalue weighted by molar-refractivity contribution is -0.120. The van der Waals surface area contributed by atoms with Gasteiger partial charge < -0.3 is 15.1 Å². The van der Waals surface area contributed by atoms with Crippen LogP contribution in [-0.2, 0) is 10.2 Å². The van der Waals surface area contributed by atoms with Gasteiger partial charge in [0.1, 0.15) is 16.9 Å². The van der Waals surface area contributed by atoms with Crippen LogP contribution in [0.15, 0.2) is 72.8 Å². The zero-order valence-electron chi connectivity index (χ0n) is 14.7. The molecule has 1 unspecified atom stereocenters. The molecular weight excluding hydrogens is 338 g/mol. The van der Waals surface area contributed by atoms with Crippen molar-refractivity contribution in [2.45, 2.75) is 5.41 Å². The fraction of sp³-hybridized carbons (Fsp3) is 0.0870. The summed E-state index contributed by atoms with van der Waals surface area (Å²) >= 11 is 0. The number of rotatable bonds is 1. The van der Waals surface area contributed by atoms with E-state index < -0.39 is 5.41 Å². The fourth-order valence-electron chi connectivity index (χ4n) is 4.42. The van der Waals surface area contributed by atoms with Crippen LogP contribution in [0.1, 0.15) is 22.3 Å². The number of fused-ring (bicyclic) bond motifs is 4. The van der Waals surface area contributed by atoms with Gasteiger partial charge in [0.15, 0.2) is 0 Å². The summed E-state index contributed by atoms with van der Waals surface area (Å²) in [6, 6.07) is 19.9. The zero-order valence-corrected chi connectivity index (χ0v) is 14.7. The average Bonchev–Trinajstić information content (AvgIpc) is 3.14. The van der Waals surface area contributed by atoms with E-state index in [1.54, 1.807) is 42.3 Å². The molecule has 0 saturated heterocycles. The Bertz CT molecular complexity index is 1150. The number of phenols is 2. The van der Waals surface area contributed by atoms with Gasteiger partial charge in [-0.2, -0.15) is 0 Å². The van der Waals surface area contributed by atoms with Gasteiger partial charge in [0, 0.05) is 23.9 Å². The lowest BCUT2D eigenvalue weighted by Gasteiger charge is -2.22. The summed E-state index contributed by atoms with van der Waals surface area (Å²) in [4.78, 5) is 15.1. The number of likely N-dealkylation sites (N-methyl/N-ethyl adjacent to an activating group) is 1. The first-order valence-electron chi connectivity index (χ1n) is 8.77. The Kier molecular flexibility index (Phi) is 3.05. The van der Waals surface area contributed by atoms with Crippen LogP contribution in [0.25, 0.3) is 5.57 Å². The van der Waals surface area contributed by atoms with E-state index in [2.05, 4.69) is 0 Å². The summed E-state index contributed by atoms with van der Waals surface area (Å²) in [6.07, 6.45) is 1.89. The van der Waals surface area contributed by atoms with Crippen molar-refractivity contribution < 1.29 is 15.0 Å². The molecule has 3 aromatic carbocycles. The van der Waals surface area contributed by atoms with Crippen molar-refractivity contribution in [3.63, 3.8) is 0 Å². The van der Waals surface area contributed by atoms with E-state index in [1.807, 2.05) is 42.5 Å². The molecule has 0 aromatic heterocycles. The molecule has 132 valence electrons. The highest BCUT2D eigenvalue weighted by atomic mass is 16.3. The Morgan fingerprint density at radius 3 is 2.30 bits per heavy atom. The number of para-hydroxylation sites is 2. The zero-order chi connectivity index (χ0) is 18.8. The van der Waals surface area contributed by atoms with Crippen molar-refractivity contribution in [1.29, 1.82) is 0 Å². The Hall–Kier alpha value is -3.53. The third-order valence-corrected chi connectivity index (χ3v) is 5.62. The molecule has 0 fully saturated rings. The van der Waals surface area contributed by atoms with Crippen LogP contribution >= 0.6 is 0 Å². The van der Waals surface area contributed by atoms with Gasteiger partial charge in [0.05, 0.1) is 0 Å². The summed E-state index contributed by atoms with van der Waals surface area (Å²) in [5, 5.41) is 21.1. The maximum absolute atomic E-state index is 13.5. The van der Waals surface area contributed by atoms with Gasteiger partial charge in [-0.05, 0) is 34.9 Å². The molecule has 5 rings (SSSR count). The number of phenolic OH excluding ortho intramolecular Hbond substituents is 2. The molecule has 1 heterocycles. The Labute approximate surface area is 156 Å². The molecule has 1 atom stereocenters. The molecule has 27 heavy (non-hydrogen) atoms. The molecule has 2 aliphatic rings. The monoisotopic (exact) mass is 355 g/mol. The molecule has 0 saturated carbocycles. The molecule has 1 aliphatic heterocycles. The van der Waals surface area contributed by atoms with E-state index in [0.717, 1.165) is 16.8 Å². The number of anilines is 1. The van der Waals surface area contributed by atoms with E-state index in [-0.39, 0.29) is 17.4 Å². The van der Waals surface area contributed by atoms with Gasteiger partial charge in [0.2, 0.25) is 5.91 Å². The summed E-state index contributed by atoms with van der Waals surface area (Å²) in [7, 11) is 1.77. The van der Waals surface area contributed by atoms with Crippen molar-refractivity contribution in [2.24, 2.45) is 0 Å². The predicted molar refractivity (Wildman–Crippen MR) is 104 cm³/mol. The van der Waals surface area contributed by atoms with Gasteiger partial charge in [0.25, 0.3) is 0 Å². The smallest absolute Gasteiger partial charge is 0.245 e. The normalized spacial score (nSPS) is 20.0. The van der Waals surface area contributed by atoms with Gasteiger partial charge in [-0.25, -0.2) is 0 Å². The van der Waals surface area contributed by atoms with Gasteiger partial charge in [-0.1, -0.05) is 54.6 Å². The minimum absolute atomic E-state index is 0.0685. The predicted octanol–water partition coefficient (Wildman–Crippen LogP) is 3.81. The van der Waals surface area contributed by atoms with E-state index in [9.17, 15) is 15.0 Å². The maximum atomic E-state index is 13.5. The SMILES string of the molecule is CN1C(=O)C2(C=C(c3ccccc3O)c3c(O)cccc32)c2ccccc21. The maximum Gasteiger partial charge on any atom is 0.245 e. The van der Waals surface area contributed by atoms with Crippen LogP contribution in [0.3, 0.4) is 0 Å². The van der Waals surface area contributed by atoms with E-state index in [1.165, 1.54) is 0 Å². The van der Waals surface area contributed by atoms with Gasteiger partial charge >= 0.3 is 0 Å². The van der Waals surface area contributed by atoms with E-state index >= 15 is 0 Å².